The first kappa shape index (κ1) is 547. The van der Waals surface area contributed by atoms with E-state index in [0.29, 0.717) is 0 Å². The van der Waals surface area contributed by atoms with Gasteiger partial charge in [0.05, 0.1) is 0 Å². The molecule has 0 saturated carbocycles. The zero-order valence-corrected chi connectivity index (χ0v) is 12.2. The van der Waals surface area contributed by atoms with Gasteiger partial charge >= 0.3 is 102 Å². The van der Waals surface area contributed by atoms with Gasteiger partial charge in [0.25, 0.3) is 0 Å². The molecule has 0 fully saturated rings. The molecule has 8 nitrogen and oxygen atoms in total. The fourth-order valence-corrected chi connectivity index (χ4v) is 0. The van der Waals surface area contributed by atoms with Crippen LogP contribution >= 0.6 is 0 Å². The van der Waals surface area contributed by atoms with Crippen molar-refractivity contribution in [3.63, 3.8) is 0 Å². The van der Waals surface area contributed by atoms with Gasteiger partial charge in [-0.25, -0.2) is 0 Å². The van der Waals surface area contributed by atoms with Crippen molar-refractivity contribution in [2.75, 3.05) is 0 Å². The molecule has 6 radical (unpaired) electrons. The van der Waals surface area contributed by atoms with E-state index in [1.54, 1.807) is 0 Å². The third kappa shape index (κ3) is 367. The molecule has 0 aliphatic carbocycles. The first-order chi connectivity index (χ1) is 0. The molecule has 0 aromatic carbocycles. The van der Waals surface area contributed by atoms with Crippen LogP contribution in [0, 0.1) is 0 Å². The second-order valence-electron chi connectivity index (χ2n) is 0. The van der Waals surface area contributed by atoms with Crippen molar-refractivity contribution in [1.29, 1.82) is 0 Å². The summed E-state index contributed by atoms with van der Waals surface area (Å²) in [5.41, 5.74) is 0. The molecule has 0 aliphatic rings. The second kappa shape index (κ2) is 451. The maximum Gasteiger partial charge on any atom is 2.00 e. The molecule has 100 valence electrons. The minimum atomic E-state index is 0. The van der Waals surface area contributed by atoms with E-state index in [2.05, 4.69) is 0 Å². The Bertz CT molecular complexity index is 19.8. The van der Waals surface area contributed by atoms with Crippen LogP contribution in [-0.2, 0) is 123 Å². The van der Waals surface area contributed by atoms with E-state index in [1.165, 1.54) is 0 Å². The Morgan fingerprint density at radius 3 is 0.286 bits per heavy atom. The van der Waals surface area contributed by atoms with Crippen LogP contribution in [0.4, 0.5) is 0 Å². The van der Waals surface area contributed by atoms with Crippen molar-refractivity contribution in [2.45, 2.75) is 0 Å². The number of hydrogen-bond acceptors (Lipinski definition) is 4. The standard InChI is InChI=1S/3Co.3Mn.4H2O.4O/h;;;;;;4*1H2;;;;/q6*+2;;;;;4*-2/p-4. The van der Waals surface area contributed by atoms with Crippen molar-refractivity contribution in [3.05, 3.63) is 0 Å². The van der Waals surface area contributed by atoms with Crippen molar-refractivity contribution < 1.29 is 145 Å². The molecule has 0 aliphatic heterocycles. The van der Waals surface area contributed by atoms with Gasteiger partial charge in [0.15, 0.2) is 0 Å². The Balaban J connectivity index is 0. The van der Waals surface area contributed by atoms with Crippen LogP contribution in [0.2, 0.25) is 0 Å². The summed E-state index contributed by atoms with van der Waals surface area (Å²) in [4.78, 5) is 0. The normalized spacial score (nSPS) is 0. The molecular weight excluding hydrogens is 470 g/mol. The Hall–Kier alpha value is 2.76. The van der Waals surface area contributed by atoms with Gasteiger partial charge in [0.1, 0.15) is 0 Å². The van der Waals surface area contributed by atoms with Gasteiger partial charge in [-0.3, -0.25) is 0 Å². The smallest absolute Gasteiger partial charge is 2.00 e. The van der Waals surface area contributed by atoms with Crippen LogP contribution in [0.25, 0.3) is 0 Å². The molecule has 0 bridgehead atoms. The van der Waals surface area contributed by atoms with Crippen LogP contribution in [-0.4, -0.2) is 21.9 Å². The molecule has 0 heterocycles. The van der Waals surface area contributed by atoms with Crippen LogP contribution in [0.1, 0.15) is 0 Å². The van der Waals surface area contributed by atoms with Gasteiger partial charge in [0, 0.05) is 0 Å². The third-order valence-electron chi connectivity index (χ3n) is 0. The van der Waals surface area contributed by atoms with Crippen molar-refractivity contribution in [1.82, 2.24) is 0 Å². The van der Waals surface area contributed by atoms with Crippen LogP contribution in [0.5, 0.6) is 0 Å². The van der Waals surface area contributed by atoms with Gasteiger partial charge in [0.2, 0.25) is 0 Å². The van der Waals surface area contributed by atoms with E-state index in [-0.39, 0.29) is 145 Å². The molecule has 4 N–H and O–H groups in total. The molecule has 0 aromatic rings. The SMILES string of the molecule is [Co+2].[Co+2].[Co+2].[Mn+2].[Mn+2].[Mn+2].[O-2].[O-2].[O-2].[O-2].[OH-].[OH-].[OH-].[OH-]. The summed E-state index contributed by atoms with van der Waals surface area (Å²) in [6.07, 6.45) is 0. The van der Waals surface area contributed by atoms with Gasteiger partial charge in [-0.15, -0.1) is 0 Å². The molecular formula is H4Co3Mn3O8. The average Bonchev–Trinajstić information content (AvgIpc) is 0. The summed E-state index contributed by atoms with van der Waals surface area (Å²) < 4.78 is 0. The van der Waals surface area contributed by atoms with E-state index in [1.807, 2.05) is 0 Å². The van der Waals surface area contributed by atoms with E-state index >= 15 is 0 Å². The van der Waals surface area contributed by atoms with E-state index in [9.17, 15) is 0 Å². The summed E-state index contributed by atoms with van der Waals surface area (Å²) >= 11 is 0. The topological polar surface area (TPSA) is 234 Å². The zero-order valence-electron chi connectivity index (χ0n) is 5.56. The van der Waals surface area contributed by atoms with E-state index < -0.39 is 0 Å². The molecule has 14 heavy (non-hydrogen) atoms. The fourth-order valence-electron chi connectivity index (χ4n) is 0. The summed E-state index contributed by atoms with van der Waals surface area (Å²) in [7, 11) is 0. The van der Waals surface area contributed by atoms with Gasteiger partial charge in [-0.1, -0.05) is 0 Å². The van der Waals surface area contributed by atoms with E-state index in [0.717, 1.165) is 0 Å². The predicted molar refractivity (Wildman–Crippen MR) is 10.5 cm³/mol. The molecule has 0 amide bonds. The van der Waals surface area contributed by atoms with Gasteiger partial charge < -0.3 is 43.8 Å². The molecule has 0 rings (SSSR count). The number of rotatable bonds is 0. The monoisotopic (exact) mass is 474 g/mol. The summed E-state index contributed by atoms with van der Waals surface area (Å²) in [6.45, 7) is 0. The minimum absolute atomic E-state index is 0. The maximum atomic E-state index is 0. The molecule has 0 unspecified atom stereocenters. The molecule has 0 spiro atoms. The van der Waals surface area contributed by atoms with Gasteiger partial charge in [-0.2, -0.15) is 0 Å². The van der Waals surface area contributed by atoms with E-state index in [4.69, 9.17) is 0 Å². The summed E-state index contributed by atoms with van der Waals surface area (Å²) in [5.74, 6) is 0. The Kier molecular flexibility index (Phi) is 17600. The summed E-state index contributed by atoms with van der Waals surface area (Å²) in [6, 6.07) is 0. The van der Waals surface area contributed by atoms with Crippen molar-refractivity contribution in [3.8, 4) is 0 Å². The van der Waals surface area contributed by atoms with Crippen LogP contribution in [0.15, 0.2) is 0 Å². The predicted octanol–water partition coefficient (Wildman–Crippen LogP) is -1.20. The van der Waals surface area contributed by atoms with Crippen molar-refractivity contribution >= 4 is 0 Å². The first-order valence-corrected chi connectivity index (χ1v) is 0. The van der Waals surface area contributed by atoms with Gasteiger partial charge in [-0.05, 0) is 0 Å². The first-order valence-electron chi connectivity index (χ1n) is 0. The Morgan fingerprint density at radius 2 is 0.286 bits per heavy atom. The average molecular weight is 474 g/mol. The minimum Gasteiger partial charge on any atom is -2.00 e. The maximum absolute atomic E-state index is 0. The fraction of sp³-hybridized carbons (Fsp3) is 0. The summed E-state index contributed by atoms with van der Waals surface area (Å²) in [5, 5.41) is 0. The molecule has 0 saturated heterocycles. The van der Waals surface area contributed by atoms with Crippen LogP contribution < -0.4 is 0 Å². The Labute approximate surface area is 144 Å². The Morgan fingerprint density at radius 1 is 0.286 bits per heavy atom. The molecule has 0 aromatic heterocycles. The quantitative estimate of drug-likeness (QED) is 0.394. The van der Waals surface area contributed by atoms with Crippen LogP contribution in [0.3, 0.4) is 0 Å². The van der Waals surface area contributed by atoms with Crippen molar-refractivity contribution in [2.24, 2.45) is 0 Å². The molecule has 14 heteroatoms. The second-order valence-corrected chi connectivity index (χ2v) is 0. The number of hydrogen-bond donors (Lipinski definition) is 0. The largest absolute Gasteiger partial charge is 2.00 e. The zero-order chi connectivity index (χ0) is 0. The molecule has 0 atom stereocenters. The third-order valence-corrected chi connectivity index (χ3v) is 0.